The van der Waals surface area contributed by atoms with E-state index in [4.69, 9.17) is 16.6 Å². The van der Waals surface area contributed by atoms with E-state index in [9.17, 15) is 5.11 Å². The highest BCUT2D eigenvalue weighted by Gasteiger charge is 2.40. The van der Waals surface area contributed by atoms with Crippen LogP contribution in [0.4, 0.5) is 0 Å². The standard InChI is InChI=1S/C17H21ClN2O/c1-3-8-17(21)10-20(11-17)9-15-16(18)12(2)13-6-4-5-7-14(13)19-15/h4-7,21H,3,8-11H2,1-2H3. The monoisotopic (exact) mass is 304 g/mol. The number of aliphatic hydroxyl groups is 1. The van der Waals surface area contributed by atoms with E-state index in [1.807, 2.05) is 25.1 Å². The minimum atomic E-state index is -0.507. The van der Waals surface area contributed by atoms with Crippen molar-refractivity contribution in [2.45, 2.75) is 38.8 Å². The molecule has 0 amide bonds. The van der Waals surface area contributed by atoms with E-state index in [0.717, 1.165) is 40.0 Å². The molecule has 0 spiro atoms. The first-order chi connectivity index (χ1) is 10.0. The second-order valence-corrected chi connectivity index (χ2v) is 6.51. The Labute approximate surface area is 130 Å². The van der Waals surface area contributed by atoms with Crippen LogP contribution in [0, 0.1) is 6.92 Å². The molecule has 0 atom stereocenters. The van der Waals surface area contributed by atoms with Crippen molar-refractivity contribution in [2.24, 2.45) is 0 Å². The summed E-state index contributed by atoms with van der Waals surface area (Å²) in [4.78, 5) is 6.90. The molecule has 1 aliphatic heterocycles. The van der Waals surface area contributed by atoms with E-state index in [-0.39, 0.29) is 0 Å². The number of hydrogen-bond acceptors (Lipinski definition) is 3. The number of para-hydroxylation sites is 1. The smallest absolute Gasteiger partial charge is 0.0900 e. The van der Waals surface area contributed by atoms with Crippen LogP contribution in [0.5, 0.6) is 0 Å². The second kappa shape index (κ2) is 5.56. The predicted molar refractivity (Wildman–Crippen MR) is 86.6 cm³/mol. The minimum Gasteiger partial charge on any atom is -0.387 e. The number of likely N-dealkylation sites (tertiary alicyclic amines) is 1. The largest absolute Gasteiger partial charge is 0.387 e. The number of rotatable bonds is 4. The Morgan fingerprint density at radius 1 is 1.33 bits per heavy atom. The van der Waals surface area contributed by atoms with Crippen molar-refractivity contribution in [2.75, 3.05) is 13.1 Å². The molecule has 3 rings (SSSR count). The molecule has 1 fully saturated rings. The van der Waals surface area contributed by atoms with E-state index in [1.54, 1.807) is 0 Å². The van der Waals surface area contributed by atoms with Crippen LogP contribution in [0.2, 0.25) is 5.02 Å². The molecule has 112 valence electrons. The lowest BCUT2D eigenvalue weighted by atomic mass is 9.89. The van der Waals surface area contributed by atoms with Crippen LogP contribution in [0.1, 0.15) is 31.0 Å². The summed E-state index contributed by atoms with van der Waals surface area (Å²) in [6, 6.07) is 8.08. The van der Waals surface area contributed by atoms with Crippen LogP contribution in [0.15, 0.2) is 24.3 Å². The zero-order valence-electron chi connectivity index (χ0n) is 12.6. The van der Waals surface area contributed by atoms with Crippen molar-refractivity contribution in [1.29, 1.82) is 0 Å². The quantitative estimate of drug-likeness (QED) is 0.938. The molecule has 1 aliphatic rings. The third-order valence-corrected chi connectivity index (χ3v) is 4.77. The lowest BCUT2D eigenvalue weighted by molar-refractivity contribution is -0.107. The minimum absolute atomic E-state index is 0.507. The number of halogens is 1. The second-order valence-electron chi connectivity index (χ2n) is 6.13. The molecular weight excluding hydrogens is 284 g/mol. The molecule has 0 bridgehead atoms. The zero-order valence-corrected chi connectivity index (χ0v) is 13.3. The van der Waals surface area contributed by atoms with Gasteiger partial charge in [-0.1, -0.05) is 43.1 Å². The van der Waals surface area contributed by atoms with Gasteiger partial charge >= 0.3 is 0 Å². The van der Waals surface area contributed by atoms with Crippen LogP contribution in [0.25, 0.3) is 10.9 Å². The van der Waals surface area contributed by atoms with Gasteiger partial charge in [0, 0.05) is 25.0 Å². The zero-order chi connectivity index (χ0) is 15.0. The van der Waals surface area contributed by atoms with Crippen LogP contribution in [-0.4, -0.2) is 33.7 Å². The number of benzene rings is 1. The first-order valence-electron chi connectivity index (χ1n) is 7.51. The highest BCUT2D eigenvalue weighted by atomic mass is 35.5. The van der Waals surface area contributed by atoms with Gasteiger partial charge in [-0.15, -0.1) is 0 Å². The van der Waals surface area contributed by atoms with Gasteiger partial charge in [-0.2, -0.15) is 0 Å². The van der Waals surface area contributed by atoms with Gasteiger partial charge in [0.2, 0.25) is 0 Å². The molecular formula is C17H21ClN2O. The molecule has 0 aliphatic carbocycles. The predicted octanol–water partition coefficient (Wildman–Crippen LogP) is 3.54. The van der Waals surface area contributed by atoms with Gasteiger partial charge in [-0.25, -0.2) is 4.98 Å². The number of hydrogen-bond donors (Lipinski definition) is 1. The van der Waals surface area contributed by atoms with Gasteiger partial charge in [-0.05, 0) is 25.0 Å². The summed E-state index contributed by atoms with van der Waals surface area (Å²) < 4.78 is 0. The fourth-order valence-corrected chi connectivity index (χ4v) is 3.46. The van der Waals surface area contributed by atoms with Crippen molar-refractivity contribution in [3.8, 4) is 0 Å². The fraction of sp³-hybridized carbons (Fsp3) is 0.471. The van der Waals surface area contributed by atoms with Gasteiger partial charge in [-0.3, -0.25) is 4.90 Å². The number of fused-ring (bicyclic) bond motifs is 1. The summed E-state index contributed by atoms with van der Waals surface area (Å²) in [6.45, 7) is 6.27. The molecule has 0 saturated carbocycles. The topological polar surface area (TPSA) is 36.4 Å². The van der Waals surface area contributed by atoms with E-state index in [1.165, 1.54) is 0 Å². The molecule has 2 aromatic rings. The van der Waals surface area contributed by atoms with Crippen LogP contribution >= 0.6 is 11.6 Å². The van der Waals surface area contributed by atoms with Crippen LogP contribution in [0.3, 0.4) is 0 Å². The van der Waals surface area contributed by atoms with Crippen molar-refractivity contribution in [1.82, 2.24) is 9.88 Å². The Morgan fingerprint density at radius 3 is 2.76 bits per heavy atom. The average Bonchev–Trinajstić information content (AvgIpc) is 2.43. The molecule has 4 heteroatoms. The third kappa shape index (κ3) is 2.78. The lowest BCUT2D eigenvalue weighted by Gasteiger charge is -2.46. The maximum Gasteiger partial charge on any atom is 0.0900 e. The molecule has 0 radical (unpaired) electrons. The highest BCUT2D eigenvalue weighted by Crippen LogP contribution is 2.31. The average molecular weight is 305 g/mol. The first-order valence-corrected chi connectivity index (χ1v) is 7.89. The third-order valence-electron chi connectivity index (χ3n) is 4.27. The molecule has 1 saturated heterocycles. The number of pyridine rings is 1. The Balaban J connectivity index is 1.81. The summed E-state index contributed by atoms with van der Waals surface area (Å²) in [6.07, 6.45) is 1.87. The number of aromatic nitrogens is 1. The van der Waals surface area contributed by atoms with Gasteiger partial charge in [0.15, 0.2) is 0 Å². The van der Waals surface area contributed by atoms with Crippen molar-refractivity contribution >= 4 is 22.5 Å². The summed E-state index contributed by atoms with van der Waals surface area (Å²) in [5, 5.41) is 12.1. The van der Waals surface area contributed by atoms with Gasteiger partial charge in [0.1, 0.15) is 0 Å². The highest BCUT2D eigenvalue weighted by molar-refractivity contribution is 6.32. The number of aryl methyl sites for hydroxylation is 1. The molecule has 1 aromatic carbocycles. The van der Waals surface area contributed by atoms with Gasteiger partial charge in [0.25, 0.3) is 0 Å². The van der Waals surface area contributed by atoms with E-state index in [0.29, 0.717) is 19.6 Å². The van der Waals surface area contributed by atoms with Gasteiger partial charge < -0.3 is 5.11 Å². The first kappa shape index (κ1) is 14.8. The lowest BCUT2D eigenvalue weighted by Crippen LogP contribution is -2.61. The molecule has 3 nitrogen and oxygen atoms in total. The molecule has 1 aromatic heterocycles. The Hall–Kier alpha value is -1.16. The summed E-state index contributed by atoms with van der Waals surface area (Å²) >= 11 is 6.48. The molecule has 0 unspecified atom stereocenters. The van der Waals surface area contributed by atoms with Crippen LogP contribution in [-0.2, 0) is 6.54 Å². The molecule has 2 heterocycles. The maximum absolute atomic E-state index is 10.3. The van der Waals surface area contributed by atoms with Crippen molar-refractivity contribution < 1.29 is 5.11 Å². The summed E-state index contributed by atoms with van der Waals surface area (Å²) in [5.41, 5.74) is 2.47. The fourth-order valence-electron chi connectivity index (χ4n) is 3.26. The Bertz CT molecular complexity index is 665. The normalized spacial score (nSPS) is 17.9. The number of nitrogens with zero attached hydrogens (tertiary/aromatic N) is 2. The van der Waals surface area contributed by atoms with E-state index >= 15 is 0 Å². The van der Waals surface area contributed by atoms with E-state index < -0.39 is 5.60 Å². The van der Waals surface area contributed by atoms with E-state index in [2.05, 4.69) is 17.9 Å². The molecule has 21 heavy (non-hydrogen) atoms. The van der Waals surface area contributed by atoms with Crippen LogP contribution < -0.4 is 0 Å². The maximum atomic E-state index is 10.3. The van der Waals surface area contributed by atoms with Crippen molar-refractivity contribution in [3.05, 3.63) is 40.5 Å². The Kier molecular flexibility index (Phi) is 3.91. The SMILES string of the molecule is CCCC1(O)CN(Cc2nc3ccccc3c(C)c2Cl)C1. The Morgan fingerprint density at radius 2 is 2.05 bits per heavy atom. The molecule has 1 N–H and O–H groups in total. The van der Waals surface area contributed by atoms with Crippen molar-refractivity contribution in [3.63, 3.8) is 0 Å². The number of β-amino-alcohol motifs (C(OH)–C–C–N with tert-alkyl or cyclic N) is 1. The van der Waals surface area contributed by atoms with Gasteiger partial charge in [0.05, 0.1) is 21.8 Å². The summed E-state index contributed by atoms with van der Waals surface area (Å²) in [5.74, 6) is 0. The summed E-state index contributed by atoms with van der Waals surface area (Å²) in [7, 11) is 0.